The van der Waals surface area contributed by atoms with Crippen molar-refractivity contribution >= 4 is 9.84 Å². The minimum absolute atomic E-state index is 0.0765. The van der Waals surface area contributed by atoms with Gasteiger partial charge >= 0.3 is 6.18 Å². The Bertz CT molecular complexity index is 1030. The molecule has 0 aliphatic rings. The Morgan fingerprint density at radius 1 is 0.885 bits per heavy atom. The number of sulfone groups is 1. The van der Waals surface area contributed by atoms with Gasteiger partial charge in [-0.15, -0.1) is 0 Å². The zero-order valence-corrected chi connectivity index (χ0v) is 14.3. The molecule has 0 amide bonds. The summed E-state index contributed by atoms with van der Waals surface area (Å²) in [6.45, 7) is 0. The molecular weight excluding hydrogens is 365 g/mol. The molecule has 2 aromatic carbocycles. The largest absolute Gasteiger partial charge is 0.451 e. The number of alkyl halides is 3. The third-order valence-corrected chi connectivity index (χ3v) is 4.81. The first-order valence-corrected chi connectivity index (χ1v) is 9.35. The summed E-state index contributed by atoms with van der Waals surface area (Å²) in [6.07, 6.45) is -2.49. The van der Waals surface area contributed by atoms with E-state index in [0.29, 0.717) is 16.7 Å². The highest BCUT2D eigenvalue weighted by atomic mass is 32.2. The van der Waals surface area contributed by atoms with Crippen LogP contribution in [0.15, 0.2) is 65.7 Å². The predicted molar refractivity (Wildman–Crippen MR) is 91.0 cm³/mol. The molecule has 26 heavy (non-hydrogen) atoms. The van der Waals surface area contributed by atoms with Crippen LogP contribution < -0.4 is 0 Å². The van der Waals surface area contributed by atoms with Crippen LogP contribution in [-0.2, 0) is 16.0 Å². The average Bonchev–Trinajstić information content (AvgIpc) is 2.60. The molecule has 3 rings (SSSR count). The van der Waals surface area contributed by atoms with E-state index in [0.717, 1.165) is 12.5 Å². The second-order valence-electron chi connectivity index (χ2n) is 5.62. The van der Waals surface area contributed by atoms with Crippen molar-refractivity contribution in [3.05, 3.63) is 66.6 Å². The lowest BCUT2D eigenvalue weighted by Gasteiger charge is -2.12. The third kappa shape index (κ3) is 3.75. The van der Waals surface area contributed by atoms with Crippen molar-refractivity contribution in [2.75, 3.05) is 6.26 Å². The molecule has 0 N–H and O–H groups in total. The van der Waals surface area contributed by atoms with E-state index in [9.17, 15) is 21.6 Å². The van der Waals surface area contributed by atoms with Gasteiger partial charge < -0.3 is 0 Å². The number of halogens is 3. The molecular formula is C18H13F3N2O2S. The number of nitrogens with zero attached hydrogens (tertiary/aromatic N) is 2. The van der Waals surface area contributed by atoms with E-state index in [1.807, 2.05) is 0 Å². The molecule has 8 heteroatoms. The Morgan fingerprint density at radius 3 is 2.04 bits per heavy atom. The molecule has 0 spiro atoms. The normalized spacial score (nSPS) is 12.2. The van der Waals surface area contributed by atoms with Gasteiger partial charge in [-0.05, 0) is 17.7 Å². The first-order chi connectivity index (χ1) is 12.2. The molecule has 0 radical (unpaired) electrons. The Kier molecular flexibility index (Phi) is 4.53. The molecule has 0 unspecified atom stereocenters. The van der Waals surface area contributed by atoms with Gasteiger partial charge in [0, 0.05) is 23.6 Å². The quantitative estimate of drug-likeness (QED) is 0.684. The van der Waals surface area contributed by atoms with Crippen LogP contribution in [0.4, 0.5) is 13.2 Å². The molecule has 4 nitrogen and oxygen atoms in total. The molecule has 0 atom stereocenters. The van der Waals surface area contributed by atoms with E-state index in [-0.39, 0.29) is 10.6 Å². The van der Waals surface area contributed by atoms with Crippen molar-refractivity contribution in [3.63, 3.8) is 0 Å². The maximum atomic E-state index is 13.0. The fraction of sp³-hybridized carbons (Fsp3) is 0.111. The molecule has 0 aliphatic carbocycles. The number of benzene rings is 2. The van der Waals surface area contributed by atoms with Gasteiger partial charge in [0.2, 0.25) is 5.82 Å². The molecule has 1 heterocycles. The van der Waals surface area contributed by atoms with Crippen molar-refractivity contribution in [2.24, 2.45) is 0 Å². The Hall–Kier alpha value is -2.74. The fourth-order valence-electron chi connectivity index (χ4n) is 2.43. The van der Waals surface area contributed by atoms with Crippen molar-refractivity contribution in [2.45, 2.75) is 11.1 Å². The second kappa shape index (κ2) is 6.53. The van der Waals surface area contributed by atoms with Crippen LogP contribution in [0.25, 0.3) is 22.4 Å². The highest BCUT2D eigenvalue weighted by Crippen LogP contribution is 2.34. The van der Waals surface area contributed by atoms with Crippen LogP contribution in [0.1, 0.15) is 5.82 Å². The van der Waals surface area contributed by atoms with Crippen molar-refractivity contribution in [3.8, 4) is 22.4 Å². The minimum Gasteiger partial charge on any atom is -0.232 e. The maximum absolute atomic E-state index is 13.0. The molecule has 0 aliphatic heterocycles. The molecule has 0 bridgehead atoms. The number of hydrogen-bond donors (Lipinski definition) is 0. The van der Waals surface area contributed by atoms with Gasteiger partial charge in [0.25, 0.3) is 0 Å². The summed E-state index contributed by atoms with van der Waals surface area (Å²) in [4.78, 5) is 7.21. The van der Waals surface area contributed by atoms with Gasteiger partial charge in [-0.3, -0.25) is 0 Å². The lowest BCUT2D eigenvalue weighted by molar-refractivity contribution is -0.144. The van der Waals surface area contributed by atoms with E-state index in [4.69, 9.17) is 0 Å². The summed E-state index contributed by atoms with van der Waals surface area (Å²) in [5.74, 6) is -1.25. The second-order valence-corrected chi connectivity index (χ2v) is 7.63. The zero-order chi connectivity index (χ0) is 18.9. The van der Waals surface area contributed by atoms with Gasteiger partial charge in [-0.1, -0.05) is 42.5 Å². The van der Waals surface area contributed by atoms with Crippen molar-refractivity contribution in [1.82, 2.24) is 9.97 Å². The fourth-order valence-corrected chi connectivity index (χ4v) is 3.06. The van der Waals surface area contributed by atoms with E-state index < -0.39 is 21.8 Å². The third-order valence-electron chi connectivity index (χ3n) is 3.68. The van der Waals surface area contributed by atoms with Crippen LogP contribution in [0.2, 0.25) is 0 Å². The van der Waals surface area contributed by atoms with Gasteiger partial charge in [0.05, 0.1) is 10.6 Å². The number of hydrogen-bond acceptors (Lipinski definition) is 4. The number of aromatic nitrogens is 2. The van der Waals surface area contributed by atoms with Crippen LogP contribution in [0.3, 0.4) is 0 Å². The van der Waals surface area contributed by atoms with Crippen LogP contribution in [0, 0.1) is 0 Å². The van der Waals surface area contributed by atoms with E-state index >= 15 is 0 Å². The van der Waals surface area contributed by atoms with Crippen molar-refractivity contribution < 1.29 is 21.6 Å². The standard InChI is InChI=1S/C18H13F3N2O2S/c1-26(24,25)14-9-7-13(8-10-14)16-15(12-5-3-2-4-6-12)11-22-17(23-16)18(19,20)21/h2-11H,1H3. The highest BCUT2D eigenvalue weighted by Gasteiger charge is 2.35. The van der Waals surface area contributed by atoms with Crippen LogP contribution >= 0.6 is 0 Å². The molecule has 0 saturated heterocycles. The summed E-state index contributed by atoms with van der Waals surface area (Å²) < 4.78 is 62.3. The van der Waals surface area contributed by atoms with Gasteiger partial charge in [-0.2, -0.15) is 13.2 Å². The topological polar surface area (TPSA) is 59.9 Å². The molecule has 1 aromatic heterocycles. The van der Waals surface area contributed by atoms with E-state index in [1.54, 1.807) is 30.3 Å². The summed E-state index contributed by atoms with van der Waals surface area (Å²) >= 11 is 0. The van der Waals surface area contributed by atoms with Crippen LogP contribution in [-0.4, -0.2) is 24.6 Å². The maximum Gasteiger partial charge on any atom is 0.451 e. The average molecular weight is 378 g/mol. The van der Waals surface area contributed by atoms with Gasteiger partial charge in [-0.25, -0.2) is 18.4 Å². The highest BCUT2D eigenvalue weighted by molar-refractivity contribution is 7.90. The lowest BCUT2D eigenvalue weighted by Crippen LogP contribution is -2.12. The van der Waals surface area contributed by atoms with E-state index in [1.165, 1.54) is 24.3 Å². The van der Waals surface area contributed by atoms with Gasteiger partial charge in [0.1, 0.15) is 0 Å². The summed E-state index contributed by atoms with van der Waals surface area (Å²) in [6, 6.07) is 14.3. The SMILES string of the molecule is CS(=O)(=O)c1ccc(-c2nc(C(F)(F)F)ncc2-c2ccccc2)cc1. The summed E-state index contributed by atoms with van der Waals surface area (Å²) in [5, 5.41) is 0. The summed E-state index contributed by atoms with van der Waals surface area (Å²) in [5.41, 5.74) is 1.52. The monoisotopic (exact) mass is 378 g/mol. The zero-order valence-electron chi connectivity index (χ0n) is 13.5. The molecule has 134 valence electrons. The van der Waals surface area contributed by atoms with E-state index in [2.05, 4.69) is 9.97 Å². The Balaban J connectivity index is 2.20. The van der Waals surface area contributed by atoms with Crippen molar-refractivity contribution in [1.29, 1.82) is 0 Å². The first-order valence-electron chi connectivity index (χ1n) is 7.46. The minimum atomic E-state index is -4.68. The Morgan fingerprint density at radius 2 is 1.50 bits per heavy atom. The van der Waals surface area contributed by atoms with Gasteiger partial charge in [0.15, 0.2) is 9.84 Å². The molecule has 0 fully saturated rings. The molecule has 0 saturated carbocycles. The summed E-state index contributed by atoms with van der Waals surface area (Å²) in [7, 11) is -3.41. The first kappa shape index (κ1) is 18.1. The lowest BCUT2D eigenvalue weighted by atomic mass is 10.0. The molecule has 3 aromatic rings. The smallest absolute Gasteiger partial charge is 0.232 e. The predicted octanol–water partition coefficient (Wildman–Crippen LogP) is 4.23. The van der Waals surface area contributed by atoms with Crippen LogP contribution in [0.5, 0.6) is 0 Å². The Labute approximate surface area is 148 Å². The number of rotatable bonds is 3.